The van der Waals surface area contributed by atoms with Gasteiger partial charge in [0.2, 0.25) is 0 Å². The first-order valence-corrected chi connectivity index (χ1v) is 12.8. The zero-order valence-corrected chi connectivity index (χ0v) is 22.6. The van der Waals surface area contributed by atoms with Crippen LogP contribution in [0.5, 0.6) is 5.75 Å². The minimum atomic E-state index is -4.67. The van der Waals surface area contributed by atoms with Crippen molar-refractivity contribution in [1.82, 2.24) is 0 Å². The molecular weight excluding hydrogens is 501 g/mol. The monoisotopic (exact) mass is 536 g/mol. The van der Waals surface area contributed by atoms with Crippen molar-refractivity contribution < 1.29 is 27.4 Å². The van der Waals surface area contributed by atoms with Gasteiger partial charge in [0.15, 0.2) is 0 Å². The topological polar surface area (TPSA) is 87.6 Å². The first-order valence-electron chi connectivity index (χ1n) is 12.0. The summed E-state index contributed by atoms with van der Waals surface area (Å²) in [6.45, 7) is 6.00. The van der Waals surface area contributed by atoms with Gasteiger partial charge in [-0.05, 0) is 76.3 Å². The molecule has 4 N–H and O–H groups in total. The summed E-state index contributed by atoms with van der Waals surface area (Å²) < 4.78 is 53.9. The van der Waals surface area contributed by atoms with Crippen LogP contribution in [0.3, 0.4) is 0 Å². The molecule has 0 radical (unpaired) electrons. The first-order chi connectivity index (χ1) is 17.0. The molecule has 0 saturated carbocycles. The van der Waals surface area contributed by atoms with Crippen LogP contribution in [0.2, 0.25) is 0 Å². The lowest BCUT2D eigenvalue weighted by Gasteiger charge is -2.36. The van der Waals surface area contributed by atoms with Gasteiger partial charge in [-0.25, -0.2) is 0 Å². The maximum atomic E-state index is 14.1. The van der Waals surface area contributed by atoms with Crippen LogP contribution in [0.25, 0.3) is 20.5 Å². The van der Waals surface area contributed by atoms with Crippen molar-refractivity contribution in [2.75, 3.05) is 13.2 Å². The summed E-state index contributed by atoms with van der Waals surface area (Å²) in [6, 6.07) is 16.4. The zero-order valence-electron chi connectivity index (χ0n) is 21.8. The average molecular weight is 537 g/mol. The summed E-state index contributed by atoms with van der Waals surface area (Å²) in [5, 5.41) is 0.975. The van der Waals surface area contributed by atoms with Gasteiger partial charge in [-0.3, -0.25) is 4.79 Å². The molecule has 9 heteroatoms. The van der Waals surface area contributed by atoms with E-state index < -0.39 is 47.8 Å². The highest BCUT2D eigenvalue weighted by Gasteiger charge is 2.53. The van der Waals surface area contributed by atoms with Crippen molar-refractivity contribution in [3.63, 3.8) is 0 Å². The Balaban J connectivity index is 1.71. The lowest BCUT2D eigenvalue weighted by atomic mass is 9.79. The minimum Gasteiger partial charge on any atom is -0.492 e. The highest BCUT2D eigenvalue weighted by Crippen LogP contribution is 2.40. The molecule has 0 spiro atoms. The normalized spacial score (nSPS) is 15.3. The number of carbonyl (C=O) groups is 1. The van der Waals surface area contributed by atoms with Crippen LogP contribution < -0.4 is 16.2 Å². The molecule has 0 bridgehead atoms. The van der Waals surface area contributed by atoms with Gasteiger partial charge in [-0.2, -0.15) is 13.2 Å². The number of carbonyl (C=O) groups excluding carboxylic acids is 1. The van der Waals surface area contributed by atoms with E-state index in [1.165, 1.54) is 11.3 Å². The predicted octanol–water partition coefficient (Wildman–Crippen LogP) is 6.54. The lowest BCUT2D eigenvalue weighted by molar-refractivity contribution is -0.242. The number of ether oxygens (including phenoxy) is 2. The fourth-order valence-corrected chi connectivity index (χ4v) is 4.77. The van der Waals surface area contributed by atoms with E-state index in [9.17, 15) is 18.0 Å². The molecule has 2 unspecified atom stereocenters. The lowest BCUT2D eigenvalue weighted by Crippen LogP contribution is -2.51. The molecule has 37 heavy (non-hydrogen) atoms. The number of halogens is 3. The van der Waals surface area contributed by atoms with Crippen molar-refractivity contribution in [3.05, 3.63) is 54.6 Å². The molecule has 1 heterocycles. The third-order valence-electron chi connectivity index (χ3n) is 6.51. The highest BCUT2D eigenvalue weighted by atomic mass is 32.1. The van der Waals surface area contributed by atoms with E-state index in [-0.39, 0.29) is 0 Å². The molecule has 3 aromatic rings. The van der Waals surface area contributed by atoms with Crippen molar-refractivity contribution in [3.8, 4) is 16.2 Å². The largest absolute Gasteiger partial charge is 0.492 e. The van der Waals surface area contributed by atoms with Crippen molar-refractivity contribution in [1.29, 1.82) is 0 Å². The Bertz CT molecular complexity index is 1220. The van der Waals surface area contributed by atoms with E-state index in [4.69, 9.17) is 20.9 Å². The van der Waals surface area contributed by atoms with Crippen LogP contribution in [0.4, 0.5) is 13.2 Å². The van der Waals surface area contributed by atoms with Crippen molar-refractivity contribution in [2.24, 2.45) is 22.3 Å². The van der Waals surface area contributed by atoms with E-state index in [1.807, 2.05) is 42.5 Å². The maximum Gasteiger partial charge on any atom is 0.400 e. The smallest absolute Gasteiger partial charge is 0.400 e. The number of thiophene rings is 1. The second kappa shape index (κ2) is 10.6. The number of benzene rings is 2. The highest BCUT2D eigenvalue weighted by molar-refractivity contribution is 7.22. The van der Waals surface area contributed by atoms with E-state index >= 15 is 0 Å². The number of nitrogens with two attached hydrogens (primary N) is 2. The van der Waals surface area contributed by atoms with Crippen molar-refractivity contribution >= 4 is 27.4 Å². The van der Waals surface area contributed by atoms with Crippen LogP contribution >= 0.6 is 11.3 Å². The number of alkyl halides is 3. The van der Waals surface area contributed by atoms with E-state index in [2.05, 4.69) is 0 Å². The Morgan fingerprint density at radius 3 is 2.22 bits per heavy atom. The molecule has 0 aliphatic carbocycles. The summed E-state index contributed by atoms with van der Waals surface area (Å²) >= 11 is 1.53. The minimum absolute atomic E-state index is 0.298. The van der Waals surface area contributed by atoms with Gasteiger partial charge in [0.05, 0.1) is 5.41 Å². The van der Waals surface area contributed by atoms with Gasteiger partial charge in [0, 0.05) is 21.2 Å². The van der Waals surface area contributed by atoms with Gasteiger partial charge in [-0.15, -0.1) is 11.3 Å². The van der Waals surface area contributed by atoms with Gasteiger partial charge in [0.25, 0.3) is 0 Å². The SMILES string of the molecule is CC(C)(N)CC(N)C(C)(C)C(=O)OCC(C)(COc1ccc2cc(-c3ccccc3)sc2c1)C(F)(F)F. The van der Waals surface area contributed by atoms with Crippen LogP contribution in [0, 0.1) is 10.8 Å². The number of esters is 1. The average Bonchev–Trinajstić information content (AvgIpc) is 3.23. The molecule has 3 rings (SSSR count). The van der Waals surface area contributed by atoms with Crippen LogP contribution in [-0.4, -0.2) is 36.9 Å². The number of rotatable bonds is 10. The molecule has 1 aromatic heterocycles. The molecule has 0 aliphatic rings. The Morgan fingerprint density at radius 1 is 0.973 bits per heavy atom. The Labute approximate surface area is 219 Å². The number of hydrogen-bond donors (Lipinski definition) is 2. The third kappa shape index (κ3) is 7.03. The summed E-state index contributed by atoms with van der Waals surface area (Å²) in [5.74, 6) is -0.503. The third-order valence-corrected chi connectivity index (χ3v) is 7.66. The van der Waals surface area contributed by atoms with Gasteiger partial charge >= 0.3 is 12.1 Å². The Kier molecular flexibility index (Phi) is 8.32. The molecule has 0 aliphatic heterocycles. The summed E-state index contributed by atoms with van der Waals surface area (Å²) in [7, 11) is 0. The van der Waals surface area contributed by atoms with E-state index in [0.717, 1.165) is 27.5 Å². The van der Waals surface area contributed by atoms with E-state index in [1.54, 1.807) is 39.8 Å². The number of hydrogen-bond acceptors (Lipinski definition) is 6. The van der Waals surface area contributed by atoms with Gasteiger partial charge in [0.1, 0.15) is 24.4 Å². The second-order valence-electron chi connectivity index (χ2n) is 11.1. The van der Waals surface area contributed by atoms with Gasteiger partial charge < -0.3 is 20.9 Å². The molecule has 5 nitrogen and oxygen atoms in total. The van der Waals surface area contributed by atoms with Crippen molar-refractivity contribution in [2.45, 2.75) is 58.8 Å². The molecule has 2 atom stereocenters. The quantitative estimate of drug-likeness (QED) is 0.287. The fourth-order valence-electron chi connectivity index (χ4n) is 3.68. The summed E-state index contributed by atoms with van der Waals surface area (Å²) in [5.41, 5.74) is 8.94. The Morgan fingerprint density at radius 2 is 1.62 bits per heavy atom. The molecule has 0 amide bonds. The maximum absolute atomic E-state index is 14.1. The van der Waals surface area contributed by atoms with Gasteiger partial charge in [-0.1, -0.05) is 30.3 Å². The first kappa shape index (κ1) is 28.9. The molecule has 0 saturated heterocycles. The van der Waals surface area contributed by atoms with Crippen LogP contribution in [0.1, 0.15) is 41.0 Å². The van der Waals surface area contributed by atoms with Crippen LogP contribution in [-0.2, 0) is 9.53 Å². The Hall–Kier alpha value is -2.62. The predicted molar refractivity (Wildman–Crippen MR) is 143 cm³/mol. The molecule has 0 fully saturated rings. The fraction of sp³-hybridized carbons (Fsp3) is 0.464. The van der Waals surface area contributed by atoms with Crippen LogP contribution in [0.15, 0.2) is 54.6 Å². The standard InChI is InChI=1S/C28H35F3N2O3S/c1-25(2,33)15-23(32)26(3,4)24(34)36-17-27(5,28(29,30)31)16-35-20-12-11-19-13-21(37-22(19)14-20)18-9-7-6-8-10-18/h6-14,23H,15-17,32-33H2,1-5H3. The molecule has 2 aromatic carbocycles. The molecule has 202 valence electrons. The van der Waals surface area contributed by atoms with E-state index in [0.29, 0.717) is 12.2 Å². The number of fused-ring (bicyclic) bond motifs is 1. The summed E-state index contributed by atoms with van der Waals surface area (Å²) in [4.78, 5) is 13.8. The summed E-state index contributed by atoms with van der Waals surface area (Å²) in [6.07, 6.45) is -4.38. The molecular formula is C28H35F3N2O3S. The zero-order chi connectivity index (χ0) is 27.6. The second-order valence-corrected chi connectivity index (χ2v) is 12.2.